The highest BCUT2D eigenvalue weighted by Crippen LogP contribution is 2.16. The van der Waals surface area contributed by atoms with Gasteiger partial charge in [0.1, 0.15) is 11.4 Å². The van der Waals surface area contributed by atoms with Crippen LogP contribution in [0.5, 0.6) is 0 Å². The van der Waals surface area contributed by atoms with Gasteiger partial charge in [0.05, 0.1) is 5.69 Å². The van der Waals surface area contributed by atoms with Crippen LogP contribution in [0.3, 0.4) is 0 Å². The average molecular weight is 285 g/mol. The van der Waals surface area contributed by atoms with E-state index in [1.807, 2.05) is 0 Å². The molecule has 0 bridgehead atoms. The number of nitrogens with one attached hydrogen (secondary N) is 1. The van der Waals surface area contributed by atoms with E-state index in [9.17, 15) is 18.8 Å². The number of hydrogen-bond acceptors (Lipinski definition) is 3. The van der Waals surface area contributed by atoms with Crippen molar-refractivity contribution in [1.82, 2.24) is 9.55 Å². The summed E-state index contributed by atoms with van der Waals surface area (Å²) < 4.78 is 14.4. The molecule has 0 fully saturated rings. The molecule has 1 aromatic carbocycles. The lowest BCUT2D eigenvalue weighted by molar-refractivity contribution is 0.0694. The SMILES string of the molecule is O=C(O)c1cn(-c2ccc(Cl)cc2F)c(=O)[nH]c1=O. The molecule has 0 unspecified atom stereocenters. The second-order valence-corrected chi connectivity index (χ2v) is 4.01. The number of aromatic nitrogens is 2. The Kier molecular flexibility index (Phi) is 3.22. The third kappa shape index (κ3) is 2.41. The Hall–Kier alpha value is -2.41. The highest BCUT2D eigenvalue weighted by atomic mass is 35.5. The Morgan fingerprint density at radius 2 is 2.05 bits per heavy atom. The van der Waals surface area contributed by atoms with Crippen molar-refractivity contribution in [3.05, 3.63) is 61.6 Å². The number of carbonyl (C=O) groups is 1. The fraction of sp³-hybridized carbons (Fsp3) is 0. The highest BCUT2D eigenvalue weighted by Gasteiger charge is 2.14. The number of H-pyrrole nitrogens is 1. The summed E-state index contributed by atoms with van der Waals surface area (Å²) in [4.78, 5) is 35.4. The van der Waals surface area contributed by atoms with Crippen LogP contribution in [0.2, 0.25) is 5.02 Å². The van der Waals surface area contributed by atoms with E-state index in [0.717, 1.165) is 12.3 Å². The van der Waals surface area contributed by atoms with Gasteiger partial charge < -0.3 is 5.11 Å². The molecule has 0 aliphatic carbocycles. The van der Waals surface area contributed by atoms with Gasteiger partial charge >= 0.3 is 11.7 Å². The van der Waals surface area contributed by atoms with Crippen molar-refractivity contribution in [1.29, 1.82) is 0 Å². The Bertz CT molecular complexity index is 781. The molecule has 1 aromatic heterocycles. The summed E-state index contributed by atoms with van der Waals surface area (Å²) >= 11 is 5.57. The van der Waals surface area contributed by atoms with E-state index in [0.29, 0.717) is 4.57 Å². The number of aromatic amines is 1. The molecule has 2 N–H and O–H groups in total. The van der Waals surface area contributed by atoms with Gasteiger partial charge in [-0.25, -0.2) is 14.0 Å². The predicted molar refractivity (Wildman–Crippen MR) is 64.6 cm³/mol. The van der Waals surface area contributed by atoms with E-state index in [2.05, 4.69) is 0 Å². The van der Waals surface area contributed by atoms with Gasteiger partial charge in [0, 0.05) is 11.2 Å². The summed E-state index contributed by atoms with van der Waals surface area (Å²) in [5.74, 6) is -2.35. The molecular weight excluding hydrogens is 279 g/mol. The van der Waals surface area contributed by atoms with Crippen LogP contribution in [-0.2, 0) is 0 Å². The molecule has 0 radical (unpaired) electrons. The normalized spacial score (nSPS) is 10.4. The van der Waals surface area contributed by atoms with Gasteiger partial charge in [0.2, 0.25) is 0 Å². The van der Waals surface area contributed by atoms with Crippen LogP contribution in [0.25, 0.3) is 5.69 Å². The summed E-state index contributed by atoms with van der Waals surface area (Å²) in [5, 5.41) is 8.91. The zero-order chi connectivity index (χ0) is 14.2. The molecular formula is C11H6ClFN2O4. The lowest BCUT2D eigenvalue weighted by Crippen LogP contribution is -2.32. The van der Waals surface area contributed by atoms with Crippen LogP contribution < -0.4 is 11.2 Å². The van der Waals surface area contributed by atoms with Crippen molar-refractivity contribution < 1.29 is 14.3 Å². The second kappa shape index (κ2) is 4.69. The molecule has 98 valence electrons. The zero-order valence-corrected chi connectivity index (χ0v) is 9.94. The van der Waals surface area contributed by atoms with E-state index in [4.69, 9.17) is 16.7 Å². The maximum absolute atomic E-state index is 13.7. The van der Waals surface area contributed by atoms with Crippen molar-refractivity contribution in [2.75, 3.05) is 0 Å². The average Bonchev–Trinajstić information content (AvgIpc) is 2.30. The van der Waals surface area contributed by atoms with Crippen molar-refractivity contribution in [3.63, 3.8) is 0 Å². The number of carboxylic acids is 1. The molecule has 8 heteroatoms. The standard InChI is InChI=1S/C11H6ClFN2O4/c12-5-1-2-8(7(13)3-5)15-4-6(10(17)18)9(16)14-11(15)19/h1-4H,(H,17,18)(H,14,16,19). The first-order valence-corrected chi connectivity index (χ1v) is 5.32. The first-order valence-electron chi connectivity index (χ1n) is 4.95. The fourth-order valence-corrected chi connectivity index (χ4v) is 1.64. The lowest BCUT2D eigenvalue weighted by Gasteiger charge is -2.07. The monoisotopic (exact) mass is 284 g/mol. The summed E-state index contributed by atoms with van der Waals surface area (Å²) in [5.41, 5.74) is -2.89. The Balaban J connectivity index is 2.75. The summed E-state index contributed by atoms with van der Waals surface area (Å²) in [6.07, 6.45) is 0.760. The van der Waals surface area contributed by atoms with Crippen LogP contribution in [0.15, 0.2) is 34.0 Å². The van der Waals surface area contributed by atoms with Crippen LogP contribution in [0.4, 0.5) is 4.39 Å². The number of rotatable bonds is 2. The van der Waals surface area contributed by atoms with Gasteiger partial charge in [-0.1, -0.05) is 11.6 Å². The maximum atomic E-state index is 13.7. The van der Waals surface area contributed by atoms with E-state index >= 15 is 0 Å². The molecule has 0 spiro atoms. The third-order valence-electron chi connectivity index (χ3n) is 2.34. The maximum Gasteiger partial charge on any atom is 0.342 e. The Morgan fingerprint density at radius 1 is 1.37 bits per heavy atom. The predicted octanol–water partition coefficient (Wildman–Crippen LogP) is 1.02. The number of aromatic carboxylic acids is 1. The van der Waals surface area contributed by atoms with Crippen LogP contribution in [0.1, 0.15) is 10.4 Å². The fourth-order valence-electron chi connectivity index (χ4n) is 1.48. The van der Waals surface area contributed by atoms with E-state index in [1.165, 1.54) is 12.1 Å². The molecule has 0 saturated heterocycles. The first-order chi connectivity index (χ1) is 8.90. The van der Waals surface area contributed by atoms with Gasteiger partial charge in [-0.15, -0.1) is 0 Å². The minimum atomic E-state index is -1.52. The van der Waals surface area contributed by atoms with E-state index in [-0.39, 0.29) is 10.7 Å². The van der Waals surface area contributed by atoms with Crippen molar-refractivity contribution in [2.24, 2.45) is 0 Å². The van der Waals surface area contributed by atoms with Crippen molar-refractivity contribution >= 4 is 17.6 Å². The van der Waals surface area contributed by atoms with Crippen LogP contribution in [0, 0.1) is 5.82 Å². The largest absolute Gasteiger partial charge is 0.477 e. The van der Waals surface area contributed by atoms with Gasteiger partial charge in [0.15, 0.2) is 0 Å². The molecule has 1 heterocycles. The number of nitrogens with zero attached hydrogens (tertiary/aromatic N) is 1. The number of benzene rings is 1. The minimum absolute atomic E-state index is 0.122. The van der Waals surface area contributed by atoms with E-state index < -0.39 is 28.6 Å². The topological polar surface area (TPSA) is 92.2 Å². The zero-order valence-electron chi connectivity index (χ0n) is 9.18. The summed E-state index contributed by atoms with van der Waals surface area (Å²) in [6, 6.07) is 3.50. The molecule has 0 aliphatic rings. The molecule has 2 rings (SSSR count). The summed E-state index contributed by atoms with van der Waals surface area (Å²) in [6.45, 7) is 0. The van der Waals surface area contributed by atoms with Crippen molar-refractivity contribution in [2.45, 2.75) is 0 Å². The summed E-state index contributed by atoms with van der Waals surface area (Å²) in [7, 11) is 0. The molecule has 0 aliphatic heterocycles. The third-order valence-corrected chi connectivity index (χ3v) is 2.58. The van der Waals surface area contributed by atoms with Crippen molar-refractivity contribution in [3.8, 4) is 5.69 Å². The molecule has 0 saturated carbocycles. The molecule has 2 aromatic rings. The number of hydrogen-bond donors (Lipinski definition) is 2. The van der Waals surface area contributed by atoms with Crippen LogP contribution >= 0.6 is 11.6 Å². The first kappa shape index (κ1) is 13.0. The molecule has 19 heavy (non-hydrogen) atoms. The number of halogens is 2. The van der Waals surface area contributed by atoms with Gasteiger partial charge in [-0.2, -0.15) is 0 Å². The van der Waals surface area contributed by atoms with Gasteiger partial charge in [-0.3, -0.25) is 14.3 Å². The quantitative estimate of drug-likeness (QED) is 0.861. The van der Waals surface area contributed by atoms with Gasteiger partial charge in [-0.05, 0) is 18.2 Å². The lowest BCUT2D eigenvalue weighted by atomic mass is 10.3. The smallest absolute Gasteiger partial charge is 0.342 e. The second-order valence-electron chi connectivity index (χ2n) is 3.57. The van der Waals surface area contributed by atoms with Crippen LogP contribution in [-0.4, -0.2) is 20.6 Å². The molecule has 6 nitrogen and oxygen atoms in total. The minimum Gasteiger partial charge on any atom is -0.477 e. The van der Waals surface area contributed by atoms with E-state index in [1.54, 1.807) is 4.98 Å². The number of carboxylic acid groups (broad SMARTS) is 1. The molecule has 0 amide bonds. The molecule has 0 atom stereocenters. The Morgan fingerprint density at radius 3 is 2.63 bits per heavy atom. The van der Waals surface area contributed by atoms with Gasteiger partial charge in [0.25, 0.3) is 5.56 Å². The Labute approximate surface area is 109 Å². The highest BCUT2D eigenvalue weighted by molar-refractivity contribution is 6.30.